The Labute approximate surface area is 168 Å². The molecule has 156 valence electrons. The molecule has 1 atom stereocenters. The molecule has 1 amide bonds. The minimum atomic E-state index is -0.340. The van der Waals surface area contributed by atoms with Crippen molar-refractivity contribution in [2.75, 3.05) is 27.2 Å². The maximum absolute atomic E-state index is 12.8. The number of aliphatic imine (C=N–C) groups is 1. The van der Waals surface area contributed by atoms with E-state index in [0.29, 0.717) is 6.54 Å². The lowest BCUT2D eigenvalue weighted by Gasteiger charge is -2.30. The van der Waals surface area contributed by atoms with Crippen LogP contribution in [0.1, 0.15) is 57.6 Å². The van der Waals surface area contributed by atoms with Crippen LogP contribution in [-0.2, 0) is 24.2 Å². The third-order valence-electron chi connectivity index (χ3n) is 5.86. The number of guanidine groups is 1. The average molecular weight is 390 g/mol. The van der Waals surface area contributed by atoms with Crippen LogP contribution in [0.3, 0.4) is 0 Å². The largest absolute Gasteiger partial charge is 0.357 e. The van der Waals surface area contributed by atoms with Crippen LogP contribution in [0.15, 0.2) is 4.99 Å². The van der Waals surface area contributed by atoms with E-state index in [9.17, 15) is 4.79 Å². The second kappa shape index (κ2) is 8.92. The number of hydrogen-bond acceptors (Lipinski definition) is 4. The van der Waals surface area contributed by atoms with Crippen molar-refractivity contribution in [1.29, 1.82) is 0 Å². The van der Waals surface area contributed by atoms with Gasteiger partial charge in [0, 0.05) is 39.5 Å². The molecule has 0 saturated heterocycles. The van der Waals surface area contributed by atoms with Crippen molar-refractivity contribution in [1.82, 2.24) is 30.3 Å². The van der Waals surface area contributed by atoms with E-state index in [0.717, 1.165) is 75.6 Å². The summed E-state index contributed by atoms with van der Waals surface area (Å²) in [4.78, 5) is 23.9. The Hall–Kier alpha value is -2.12. The Morgan fingerprint density at radius 3 is 2.71 bits per heavy atom. The van der Waals surface area contributed by atoms with Crippen molar-refractivity contribution in [3.05, 3.63) is 11.6 Å². The van der Waals surface area contributed by atoms with E-state index in [1.807, 2.05) is 18.8 Å². The number of rotatable bonds is 6. The van der Waals surface area contributed by atoms with Crippen LogP contribution >= 0.6 is 0 Å². The number of nitrogens with zero attached hydrogens (tertiary/aromatic N) is 5. The van der Waals surface area contributed by atoms with E-state index >= 15 is 0 Å². The minimum absolute atomic E-state index is 0.210. The molecule has 0 aromatic carbocycles. The molecule has 0 bridgehead atoms. The van der Waals surface area contributed by atoms with Crippen molar-refractivity contribution in [3.63, 3.8) is 0 Å². The van der Waals surface area contributed by atoms with Crippen LogP contribution in [0.5, 0.6) is 0 Å². The minimum Gasteiger partial charge on any atom is -0.357 e. The van der Waals surface area contributed by atoms with Gasteiger partial charge in [0.05, 0.1) is 18.5 Å². The first kappa shape index (κ1) is 20.6. The van der Waals surface area contributed by atoms with Gasteiger partial charge in [-0.2, -0.15) is 5.10 Å². The summed E-state index contributed by atoms with van der Waals surface area (Å²) >= 11 is 0. The summed E-state index contributed by atoms with van der Waals surface area (Å²) in [6.45, 7) is 6.29. The quantitative estimate of drug-likeness (QED) is 0.567. The molecule has 2 N–H and O–H groups in total. The third kappa shape index (κ3) is 4.47. The number of carbonyl (C=O) groups is 1. The summed E-state index contributed by atoms with van der Waals surface area (Å²) in [6, 6.07) is 0.265. The van der Waals surface area contributed by atoms with Crippen LogP contribution in [-0.4, -0.2) is 64.8 Å². The highest BCUT2D eigenvalue weighted by molar-refractivity contribution is 5.84. The van der Waals surface area contributed by atoms with Crippen LogP contribution in [0.2, 0.25) is 0 Å². The number of amides is 1. The zero-order chi connectivity index (χ0) is 20.1. The van der Waals surface area contributed by atoms with E-state index in [-0.39, 0.29) is 17.4 Å². The predicted octanol–water partition coefficient (Wildman–Crippen LogP) is 1.36. The van der Waals surface area contributed by atoms with Crippen molar-refractivity contribution in [2.24, 2.45) is 10.4 Å². The van der Waals surface area contributed by atoms with E-state index in [1.165, 1.54) is 0 Å². The normalized spacial score (nSPS) is 21.3. The molecule has 1 unspecified atom stereocenters. The molecule has 1 aliphatic carbocycles. The van der Waals surface area contributed by atoms with Crippen LogP contribution < -0.4 is 10.6 Å². The molecular formula is C20H35N7O. The average Bonchev–Trinajstić information content (AvgIpc) is 3.32. The van der Waals surface area contributed by atoms with Gasteiger partial charge in [-0.15, -0.1) is 0 Å². The van der Waals surface area contributed by atoms with E-state index in [4.69, 9.17) is 4.99 Å². The number of aromatic nitrogens is 3. The summed E-state index contributed by atoms with van der Waals surface area (Å²) < 4.78 is 2.03. The van der Waals surface area contributed by atoms with E-state index in [2.05, 4.69) is 34.6 Å². The zero-order valence-corrected chi connectivity index (χ0v) is 17.8. The van der Waals surface area contributed by atoms with Crippen LogP contribution in [0.25, 0.3) is 0 Å². The van der Waals surface area contributed by atoms with Crippen molar-refractivity contribution in [3.8, 4) is 0 Å². The molecule has 2 aliphatic rings. The highest BCUT2D eigenvalue weighted by Gasteiger charge is 2.42. The fourth-order valence-electron chi connectivity index (χ4n) is 4.34. The zero-order valence-electron chi connectivity index (χ0n) is 17.8. The lowest BCUT2D eigenvalue weighted by Crippen LogP contribution is -2.48. The molecule has 2 heterocycles. The molecule has 8 heteroatoms. The van der Waals surface area contributed by atoms with Gasteiger partial charge in [0.1, 0.15) is 5.82 Å². The van der Waals surface area contributed by atoms with E-state index in [1.54, 1.807) is 4.90 Å². The van der Waals surface area contributed by atoms with Gasteiger partial charge in [-0.1, -0.05) is 19.8 Å². The summed E-state index contributed by atoms with van der Waals surface area (Å²) in [5.41, 5.74) is -0.340. The van der Waals surface area contributed by atoms with Crippen LogP contribution in [0, 0.1) is 5.41 Å². The Morgan fingerprint density at radius 1 is 1.32 bits per heavy atom. The SMILES string of the molecule is CCNC(=NCC1(C(=O)N(C)C)CCCC1)NC1CCc2nc(CC)nn2C1. The van der Waals surface area contributed by atoms with Gasteiger partial charge in [-0.25, -0.2) is 9.67 Å². The smallest absolute Gasteiger partial charge is 0.230 e. The van der Waals surface area contributed by atoms with Gasteiger partial charge < -0.3 is 15.5 Å². The Morgan fingerprint density at radius 2 is 2.07 bits per heavy atom. The highest BCUT2D eigenvalue weighted by Crippen LogP contribution is 2.39. The van der Waals surface area contributed by atoms with Gasteiger partial charge in [0.15, 0.2) is 11.8 Å². The molecule has 28 heavy (non-hydrogen) atoms. The molecule has 3 rings (SSSR count). The maximum Gasteiger partial charge on any atom is 0.230 e. The topological polar surface area (TPSA) is 87.4 Å². The fraction of sp³-hybridized carbons (Fsp3) is 0.800. The molecule has 0 radical (unpaired) electrons. The van der Waals surface area contributed by atoms with Crippen molar-refractivity contribution in [2.45, 2.75) is 71.4 Å². The predicted molar refractivity (Wildman–Crippen MR) is 110 cm³/mol. The van der Waals surface area contributed by atoms with E-state index < -0.39 is 0 Å². The maximum atomic E-state index is 12.8. The fourth-order valence-corrected chi connectivity index (χ4v) is 4.34. The van der Waals surface area contributed by atoms with Crippen LogP contribution in [0.4, 0.5) is 0 Å². The number of nitrogens with one attached hydrogen (secondary N) is 2. The van der Waals surface area contributed by atoms with Gasteiger partial charge in [-0.3, -0.25) is 9.79 Å². The molecule has 1 saturated carbocycles. The number of hydrogen-bond donors (Lipinski definition) is 2. The van der Waals surface area contributed by atoms with Gasteiger partial charge in [0.2, 0.25) is 5.91 Å². The highest BCUT2D eigenvalue weighted by atomic mass is 16.2. The molecule has 1 aromatic heterocycles. The monoisotopic (exact) mass is 389 g/mol. The van der Waals surface area contributed by atoms with Crippen molar-refractivity contribution < 1.29 is 4.79 Å². The first-order valence-corrected chi connectivity index (χ1v) is 10.7. The molecule has 1 aliphatic heterocycles. The first-order valence-electron chi connectivity index (χ1n) is 10.7. The van der Waals surface area contributed by atoms with Gasteiger partial charge in [-0.05, 0) is 26.2 Å². The lowest BCUT2D eigenvalue weighted by atomic mass is 9.85. The van der Waals surface area contributed by atoms with Gasteiger partial charge in [0.25, 0.3) is 0 Å². The third-order valence-corrected chi connectivity index (χ3v) is 5.86. The number of carbonyl (C=O) groups excluding carboxylic acids is 1. The molecule has 1 aromatic rings. The second-order valence-corrected chi connectivity index (χ2v) is 8.24. The Kier molecular flexibility index (Phi) is 6.57. The lowest BCUT2D eigenvalue weighted by molar-refractivity contribution is -0.138. The second-order valence-electron chi connectivity index (χ2n) is 8.24. The summed E-state index contributed by atoms with van der Waals surface area (Å²) in [5.74, 6) is 3.01. The molecule has 8 nitrogen and oxygen atoms in total. The molecular weight excluding hydrogens is 354 g/mol. The van der Waals surface area contributed by atoms with Crippen molar-refractivity contribution >= 4 is 11.9 Å². The molecule has 0 spiro atoms. The Bertz CT molecular complexity index is 703. The standard InChI is InChI=1S/C20H35N7O/c1-5-16-24-17-10-9-15(13-27(17)25-16)23-19(21-6-2)22-14-20(11-7-8-12-20)18(28)26(3)4/h15H,5-14H2,1-4H3,(H2,21,22,23). The number of aryl methyl sites for hydroxylation is 2. The first-order chi connectivity index (χ1) is 13.5. The molecule has 1 fully saturated rings. The number of fused-ring (bicyclic) bond motifs is 1. The summed E-state index contributed by atoms with van der Waals surface area (Å²) in [6.07, 6.45) is 6.87. The Balaban J connectivity index is 1.68. The summed E-state index contributed by atoms with van der Waals surface area (Å²) in [5, 5.41) is 11.5. The van der Waals surface area contributed by atoms with Gasteiger partial charge >= 0.3 is 0 Å². The summed E-state index contributed by atoms with van der Waals surface area (Å²) in [7, 11) is 3.69.